The monoisotopic (exact) mass is 674 g/mol. The van der Waals surface area contributed by atoms with E-state index >= 15 is 0 Å². The van der Waals surface area contributed by atoms with Gasteiger partial charge >= 0.3 is 16.4 Å². The van der Waals surface area contributed by atoms with Crippen molar-refractivity contribution in [2.45, 2.75) is 141 Å². The van der Waals surface area contributed by atoms with Crippen LogP contribution in [0.4, 0.5) is 0 Å². The fourth-order valence-corrected chi connectivity index (χ4v) is 10.9. The van der Waals surface area contributed by atoms with Gasteiger partial charge in [-0.05, 0) is 84.9 Å². The molecule has 4 fully saturated rings. The number of ether oxygens (including phenoxy) is 2. The van der Waals surface area contributed by atoms with E-state index in [1.807, 2.05) is 0 Å². The molecule has 0 aromatic carbocycles. The van der Waals surface area contributed by atoms with Crippen molar-refractivity contribution >= 4 is 16.4 Å². The highest BCUT2D eigenvalue weighted by Gasteiger charge is 2.63. The first-order valence-corrected chi connectivity index (χ1v) is 18.4. The lowest BCUT2D eigenvalue weighted by Gasteiger charge is -2.59. The topological polar surface area (TPSA) is 200 Å². The van der Waals surface area contributed by atoms with Crippen LogP contribution in [0.1, 0.15) is 92.4 Å². The van der Waals surface area contributed by atoms with E-state index in [-0.39, 0.29) is 29.6 Å². The van der Waals surface area contributed by atoms with Crippen LogP contribution in [0.25, 0.3) is 0 Å². The Labute approximate surface area is 272 Å². The number of carboxylic acids is 1. The summed E-state index contributed by atoms with van der Waals surface area (Å²) < 4.78 is 51.0. The second-order valence-corrected chi connectivity index (χ2v) is 16.9. The van der Waals surface area contributed by atoms with Gasteiger partial charge in [-0.1, -0.05) is 65.5 Å². The number of rotatable bonds is 10. The van der Waals surface area contributed by atoms with E-state index in [9.17, 15) is 43.3 Å². The molecule has 0 aromatic heterocycles. The highest BCUT2D eigenvalue weighted by Crippen LogP contribution is 2.67. The van der Waals surface area contributed by atoms with Gasteiger partial charge in [-0.25, -0.2) is 8.98 Å². The number of aliphatic carboxylic acids is 1. The molecule has 15 unspecified atom stereocenters. The molecule has 15 atom stereocenters. The van der Waals surface area contributed by atoms with Crippen molar-refractivity contribution < 1.29 is 57.0 Å². The first kappa shape index (κ1) is 36.1. The lowest BCUT2D eigenvalue weighted by molar-refractivity contribution is -0.309. The summed E-state index contributed by atoms with van der Waals surface area (Å²) in [6.45, 7) is 11.1. The highest BCUT2D eigenvalue weighted by molar-refractivity contribution is 7.80. The molecular formula is C33H54O12S. The van der Waals surface area contributed by atoms with Gasteiger partial charge in [0.2, 0.25) is 0 Å². The van der Waals surface area contributed by atoms with Crippen LogP contribution >= 0.6 is 0 Å². The maximum atomic E-state index is 12.2. The van der Waals surface area contributed by atoms with E-state index in [1.165, 1.54) is 5.57 Å². The number of fused-ring (bicyclic) bond motifs is 5. The number of carboxylic acid groups (broad SMARTS) is 1. The molecule has 0 radical (unpaired) electrons. The zero-order valence-electron chi connectivity index (χ0n) is 27.6. The minimum absolute atomic E-state index is 0.0387. The van der Waals surface area contributed by atoms with Crippen LogP contribution in [-0.2, 0) is 28.9 Å². The summed E-state index contributed by atoms with van der Waals surface area (Å²) in [5.41, 5.74) is 0.557. The van der Waals surface area contributed by atoms with E-state index in [0.29, 0.717) is 37.5 Å². The third kappa shape index (κ3) is 6.69. The second kappa shape index (κ2) is 13.3. The molecule has 1 saturated heterocycles. The maximum Gasteiger partial charge on any atom is 0.397 e. The average Bonchev–Trinajstić information content (AvgIpc) is 3.22. The van der Waals surface area contributed by atoms with Crippen LogP contribution in [-0.4, -0.2) is 93.5 Å². The van der Waals surface area contributed by atoms with Crippen LogP contribution < -0.4 is 0 Å². The lowest BCUT2D eigenvalue weighted by Crippen LogP contribution is -2.61. The van der Waals surface area contributed by atoms with Gasteiger partial charge in [0.05, 0.1) is 18.3 Å². The first-order chi connectivity index (χ1) is 21.4. The van der Waals surface area contributed by atoms with Gasteiger partial charge in [0.15, 0.2) is 12.4 Å². The molecule has 1 heterocycles. The molecular weight excluding hydrogens is 620 g/mol. The first-order valence-electron chi connectivity index (χ1n) is 17.0. The number of allylic oxidation sites excluding steroid dienone is 2. The molecule has 5 rings (SSSR count). The van der Waals surface area contributed by atoms with Gasteiger partial charge in [0.1, 0.15) is 18.3 Å². The van der Waals surface area contributed by atoms with E-state index in [0.717, 1.165) is 25.7 Å². The molecule has 0 bridgehead atoms. The van der Waals surface area contributed by atoms with Crippen molar-refractivity contribution in [3.05, 3.63) is 11.6 Å². The molecule has 0 amide bonds. The molecule has 0 aromatic rings. The zero-order valence-corrected chi connectivity index (χ0v) is 28.4. The standard InChI is InChI=1S/C33H54O12S/c1-16(2)7-6-8-17(3)25-23(34)15-21-19-14-24(45-46(40,41)42)22-13-18(9-11-32(22,4)20(19)10-12-33(21,25)5)43-31-28(37)26(35)27(36)29(44-31)30(38)39/h10,16-19,21-29,31,34-37H,6-9,11-15H2,1-5H3,(H,38,39)(H,40,41,42). The average molecular weight is 675 g/mol. The Morgan fingerprint density at radius 3 is 2.35 bits per heavy atom. The predicted molar refractivity (Wildman–Crippen MR) is 165 cm³/mol. The molecule has 4 aliphatic carbocycles. The Kier molecular flexibility index (Phi) is 10.4. The number of hydrogen-bond acceptors (Lipinski definition) is 10. The zero-order chi connectivity index (χ0) is 33.9. The Morgan fingerprint density at radius 2 is 1.72 bits per heavy atom. The van der Waals surface area contributed by atoms with Gasteiger partial charge in [-0.2, -0.15) is 8.42 Å². The normalized spacial score (nSPS) is 46.6. The predicted octanol–water partition coefficient (Wildman–Crippen LogP) is 3.07. The van der Waals surface area contributed by atoms with E-state index in [2.05, 4.69) is 40.7 Å². The largest absolute Gasteiger partial charge is 0.479 e. The third-order valence-corrected chi connectivity index (χ3v) is 13.0. The summed E-state index contributed by atoms with van der Waals surface area (Å²) in [5, 5.41) is 51.8. The molecule has 3 saturated carbocycles. The summed E-state index contributed by atoms with van der Waals surface area (Å²) in [4.78, 5) is 11.6. The number of hydrogen-bond donors (Lipinski definition) is 6. The summed E-state index contributed by atoms with van der Waals surface area (Å²) in [6.07, 6.45) is -1.93. The molecule has 264 valence electrons. The van der Waals surface area contributed by atoms with Crippen molar-refractivity contribution in [3.8, 4) is 0 Å². The SMILES string of the molecule is CC(C)CCCC(C)C1C(O)CC2C3CC(OS(=O)(=O)O)C4CC(OC5OC(C(=O)O)C(O)C(O)C5O)CCC4(C)C3=CCC21C. The van der Waals surface area contributed by atoms with Crippen LogP contribution in [0.5, 0.6) is 0 Å². The van der Waals surface area contributed by atoms with Gasteiger partial charge in [-0.3, -0.25) is 4.55 Å². The maximum absolute atomic E-state index is 12.2. The van der Waals surface area contributed by atoms with Gasteiger partial charge in [0.25, 0.3) is 0 Å². The van der Waals surface area contributed by atoms with Crippen molar-refractivity contribution in [3.63, 3.8) is 0 Å². The Morgan fingerprint density at radius 1 is 1.02 bits per heavy atom. The Hall–Kier alpha value is -1.16. The molecule has 46 heavy (non-hydrogen) atoms. The van der Waals surface area contributed by atoms with E-state index in [1.54, 1.807) is 0 Å². The van der Waals surface area contributed by atoms with Crippen LogP contribution in [0, 0.1) is 46.3 Å². The Bertz CT molecular complexity index is 1250. The number of carbonyl (C=O) groups is 1. The van der Waals surface area contributed by atoms with Crippen molar-refractivity contribution in [1.29, 1.82) is 0 Å². The van der Waals surface area contributed by atoms with Crippen LogP contribution in [0.3, 0.4) is 0 Å². The highest BCUT2D eigenvalue weighted by atomic mass is 32.3. The third-order valence-electron chi connectivity index (χ3n) is 12.5. The van der Waals surface area contributed by atoms with Crippen molar-refractivity contribution in [1.82, 2.24) is 0 Å². The molecule has 6 N–H and O–H groups in total. The van der Waals surface area contributed by atoms with Crippen molar-refractivity contribution in [2.24, 2.45) is 46.3 Å². The fourth-order valence-electron chi connectivity index (χ4n) is 10.4. The molecule has 0 spiro atoms. The second-order valence-electron chi connectivity index (χ2n) is 15.8. The van der Waals surface area contributed by atoms with Gasteiger partial charge in [-0.15, -0.1) is 0 Å². The van der Waals surface area contributed by atoms with Gasteiger partial charge < -0.3 is 35.0 Å². The molecule has 12 nitrogen and oxygen atoms in total. The summed E-state index contributed by atoms with van der Waals surface area (Å²) in [5.74, 6) is -0.771. The fraction of sp³-hybridized carbons (Fsp3) is 0.909. The molecule has 5 aliphatic rings. The summed E-state index contributed by atoms with van der Waals surface area (Å²) in [6, 6.07) is 0. The molecule has 1 aliphatic heterocycles. The quantitative estimate of drug-likeness (QED) is 0.113. The number of aliphatic hydroxyl groups excluding tert-OH is 4. The van der Waals surface area contributed by atoms with Gasteiger partial charge in [0, 0.05) is 0 Å². The lowest BCUT2D eigenvalue weighted by atomic mass is 9.47. The van der Waals surface area contributed by atoms with Crippen LogP contribution in [0.15, 0.2) is 11.6 Å². The summed E-state index contributed by atoms with van der Waals surface area (Å²) >= 11 is 0. The Balaban J connectivity index is 1.39. The summed E-state index contributed by atoms with van der Waals surface area (Å²) in [7, 11) is -4.81. The van der Waals surface area contributed by atoms with E-state index in [4.69, 9.17) is 13.7 Å². The van der Waals surface area contributed by atoms with Crippen LogP contribution in [0.2, 0.25) is 0 Å². The van der Waals surface area contributed by atoms with E-state index < -0.39 is 76.7 Å². The number of aliphatic hydroxyl groups is 4. The minimum atomic E-state index is -4.81. The smallest absolute Gasteiger partial charge is 0.397 e. The molecule has 13 heteroatoms. The van der Waals surface area contributed by atoms with Crippen molar-refractivity contribution in [2.75, 3.05) is 0 Å². The minimum Gasteiger partial charge on any atom is -0.479 e.